The summed E-state index contributed by atoms with van der Waals surface area (Å²) in [5.41, 5.74) is 1.13. The lowest BCUT2D eigenvalue weighted by atomic mass is 9.97. The highest BCUT2D eigenvalue weighted by Gasteiger charge is 2.24. The van der Waals surface area contributed by atoms with E-state index in [9.17, 15) is 4.79 Å². The van der Waals surface area contributed by atoms with Crippen LogP contribution in [0.2, 0.25) is 0 Å². The fraction of sp³-hybridized carbons (Fsp3) is 0.579. The average molecular weight is 359 g/mol. The van der Waals surface area contributed by atoms with Crippen LogP contribution in [0.5, 0.6) is 0 Å². The molecular formula is C19H26N4OS. The number of rotatable bonds is 4. The molecule has 0 atom stereocenters. The van der Waals surface area contributed by atoms with Crippen molar-refractivity contribution < 1.29 is 4.79 Å². The largest absolute Gasteiger partial charge is 0.340 e. The third kappa shape index (κ3) is 4.02. The second-order valence-corrected chi connectivity index (χ2v) is 8.08. The van der Waals surface area contributed by atoms with E-state index in [1.54, 1.807) is 0 Å². The fourth-order valence-electron chi connectivity index (χ4n) is 3.79. The SMILES string of the molecule is O=C(CCN1CCC(c2nc3ccccc3s2)CC1)N1CCNCC1. The summed E-state index contributed by atoms with van der Waals surface area (Å²) < 4.78 is 1.29. The number of piperazine rings is 1. The lowest BCUT2D eigenvalue weighted by Crippen LogP contribution is -2.47. The van der Waals surface area contributed by atoms with Gasteiger partial charge in [-0.3, -0.25) is 4.79 Å². The minimum Gasteiger partial charge on any atom is -0.340 e. The van der Waals surface area contributed by atoms with Crippen molar-refractivity contribution in [2.45, 2.75) is 25.2 Å². The van der Waals surface area contributed by atoms with Crippen molar-refractivity contribution in [1.29, 1.82) is 0 Å². The zero-order valence-corrected chi connectivity index (χ0v) is 15.4. The van der Waals surface area contributed by atoms with E-state index in [0.717, 1.165) is 64.2 Å². The van der Waals surface area contributed by atoms with E-state index >= 15 is 0 Å². The Hall–Kier alpha value is -1.50. The molecule has 1 N–H and O–H groups in total. The van der Waals surface area contributed by atoms with Gasteiger partial charge in [0.1, 0.15) is 0 Å². The van der Waals surface area contributed by atoms with Crippen molar-refractivity contribution in [2.75, 3.05) is 45.8 Å². The summed E-state index contributed by atoms with van der Waals surface area (Å²) in [5.74, 6) is 0.896. The second-order valence-electron chi connectivity index (χ2n) is 7.02. The summed E-state index contributed by atoms with van der Waals surface area (Å²) in [6, 6.07) is 8.41. The summed E-state index contributed by atoms with van der Waals surface area (Å²) >= 11 is 1.85. The number of benzene rings is 1. The first kappa shape index (κ1) is 16.9. The van der Waals surface area contributed by atoms with Gasteiger partial charge in [-0.2, -0.15) is 0 Å². The first-order chi connectivity index (χ1) is 12.3. The Balaban J connectivity index is 1.26. The number of nitrogens with zero attached hydrogens (tertiary/aromatic N) is 3. The molecule has 2 saturated heterocycles. The zero-order valence-electron chi connectivity index (χ0n) is 14.6. The van der Waals surface area contributed by atoms with Crippen molar-refractivity contribution in [3.05, 3.63) is 29.3 Å². The van der Waals surface area contributed by atoms with E-state index in [4.69, 9.17) is 4.98 Å². The minimum absolute atomic E-state index is 0.315. The number of nitrogens with one attached hydrogen (secondary N) is 1. The highest BCUT2D eigenvalue weighted by molar-refractivity contribution is 7.18. The molecule has 134 valence electrons. The van der Waals surface area contributed by atoms with E-state index in [1.165, 1.54) is 9.71 Å². The Labute approximate surface area is 153 Å². The standard InChI is InChI=1S/C19H26N4OS/c24-18(23-13-8-20-9-14-23)7-12-22-10-5-15(6-11-22)19-21-16-3-1-2-4-17(16)25-19/h1-4,15,20H,5-14H2. The maximum Gasteiger partial charge on any atom is 0.223 e. The van der Waals surface area contributed by atoms with E-state index in [2.05, 4.69) is 34.5 Å². The van der Waals surface area contributed by atoms with Gasteiger partial charge in [0.25, 0.3) is 0 Å². The Morgan fingerprint density at radius 3 is 2.68 bits per heavy atom. The number of fused-ring (bicyclic) bond motifs is 1. The molecule has 0 radical (unpaired) electrons. The van der Waals surface area contributed by atoms with Crippen molar-refractivity contribution in [3.8, 4) is 0 Å². The van der Waals surface area contributed by atoms with Gasteiger partial charge in [-0.05, 0) is 38.1 Å². The summed E-state index contributed by atoms with van der Waals surface area (Å²) in [5, 5.41) is 4.59. The predicted octanol–water partition coefficient (Wildman–Crippen LogP) is 2.30. The van der Waals surface area contributed by atoms with E-state index in [1.807, 2.05) is 16.2 Å². The molecule has 0 unspecified atom stereocenters. The normalized spacial score (nSPS) is 20.2. The topological polar surface area (TPSA) is 48.5 Å². The van der Waals surface area contributed by atoms with Crippen LogP contribution >= 0.6 is 11.3 Å². The molecule has 4 rings (SSSR count). The van der Waals surface area contributed by atoms with Crippen LogP contribution in [0.3, 0.4) is 0 Å². The summed E-state index contributed by atoms with van der Waals surface area (Å²) in [6.45, 7) is 6.63. The molecule has 1 amide bonds. The summed E-state index contributed by atoms with van der Waals surface area (Å²) in [6.07, 6.45) is 2.97. The van der Waals surface area contributed by atoms with Crippen LogP contribution in [0.4, 0.5) is 0 Å². The molecule has 2 aromatic rings. The maximum absolute atomic E-state index is 12.3. The van der Waals surface area contributed by atoms with Crippen LogP contribution in [0.15, 0.2) is 24.3 Å². The fourth-order valence-corrected chi connectivity index (χ4v) is 4.93. The number of hydrogen-bond acceptors (Lipinski definition) is 5. The number of amides is 1. The molecule has 5 nitrogen and oxygen atoms in total. The summed E-state index contributed by atoms with van der Waals surface area (Å²) in [4.78, 5) is 21.6. The van der Waals surface area contributed by atoms with Gasteiger partial charge in [-0.1, -0.05) is 12.1 Å². The Morgan fingerprint density at radius 2 is 1.92 bits per heavy atom. The van der Waals surface area contributed by atoms with Gasteiger partial charge in [0, 0.05) is 45.1 Å². The molecule has 0 aliphatic carbocycles. The second kappa shape index (κ2) is 7.81. The quantitative estimate of drug-likeness (QED) is 0.911. The Kier molecular flexibility index (Phi) is 5.29. The van der Waals surface area contributed by atoms with Gasteiger partial charge >= 0.3 is 0 Å². The van der Waals surface area contributed by atoms with Crippen LogP contribution in [0.1, 0.15) is 30.2 Å². The Morgan fingerprint density at radius 1 is 1.16 bits per heavy atom. The molecule has 0 saturated carbocycles. The lowest BCUT2D eigenvalue weighted by molar-refractivity contribution is -0.132. The molecule has 2 aliphatic heterocycles. The van der Waals surface area contributed by atoms with E-state index in [0.29, 0.717) is 18.2 Å². The molecule has 1 aromatic carbocycles. The van der Waals surface area contributed by atoms with Gasteiger partial charge < -0.3 is 15.1 Å². The average Bonchev–Trinajstić information content (AvgIpc) is 3.11. The van der Waals surface area contributed by atoms with Crippen molar-refractivity contribution in [1.82, 2.24) is 20.1 Å². The van der Waals surface area contributed by atoms with E-state index in [-0.39, 0.29) is 0 Å². The van der Waals surface area contributed by atoms with Crippen molar-refractivity contribution in [2.24, 2.45) is 0 Å². The number of carbonyl (C=O) groups excluding carboxylic acids is 1. The van der Waals surface area contributed by atoms with Gasteiger partial charge in [-0.25, -0.2) is 4.98 Å². The van der Waals surface area contributed by atoms with Crippen LogP contribution in [0, 0.1) is 0 Å². The van der Waals surface area contributed by atoms with Crippen LogP contribution < -0.4 is 5.32 Å². The third-order valence-electron chi connectivity index (χ3n) is 5.36. The number of piperidine rings is 1. The van der Waals surface area contributed by atoms with Crippen molar-refractivity contribution >= 4 is 27.5 Å². The predicted molar refractivity (Wildman–Crippen MR) is 102 cm³/mol. The van der Waals surface area contributed by atoms with E-state index < -0.39 is 0 Å². The summed E-state index contributed by atoms with van der Waals surface area (Å²) in [7, 11) is 0. The third-order valence-corrected chi connectivity index (χ3v) is 6.56. The molecule has 2 aliphatic rings. The highest BCUT2D eigenvalue weighted by atomic mass is 32.1. The first-order valence-corrected chi connectivity index (χ1v) is 10.2. The smallest absolute Gasteiger partial charge is 0.223 e. The Bertz CT molecular complexity index is 684. The molecule has 6 heteroatoms. The molecule has 3 heterocycles. The molecule has 2 fully saturated rings. The van der Waals surface area contributed by atoms with Gasteiger partial charge in [0.2, 0.25) is 5.91 Å². The van der Waals surface area contributed by atoms with Gasteiger partial charge in [-0.15, -0.1) is 11.3 Å². The number of carbonyl (C=O) groups is 1. The highest BCUT2D eigenvalue weighted by Crippen LogP contribution is 2.33. The van der Waals surface area contributed by atoms with Gasteiger partial charge in [0.05, 0.1) is 15.2 Å². The minimum atomic E-state index is 0.315. The number of thiazole rings is 1. The molecule has 25 heavy (non-hydrogen) atoms. The first-order valence-electron chi connectivity index (χ1n) is 9.36. The molecule has 0 spiro atoms. The van der Waals surface area contributed by atoms with Crippen LogP contribution in [-0.2, 0) is 4.79 Å². The van der Waals surface area contributed by atoms with Crippen LogP contribution in [-0.4, -0.2) is 66.5 Å². The van der Waals surface area contributed by atoms with Crippen LogP contribution in [0.25, 0.3) is 10.2 Å². The number of likely N-dealkylation sites (tertiary alicyclic amines) is 1. The maximum atomic E-state index is 12.3. The lowest BCUT2D eigenvalue weighted by Gasteiger charge is -2.32. The number of hydrogen-bond donors (Lipinski definition) is 1. The monoisotopic (exact) mass is 358 g/mol. The number of aromatic nitrogens is 1. The zero-order chi connectivity index (χ0) is 17.1. The molecule has 0 bridgehead atoms. The number of para-hydroxylation sites is 1. The molecule has 1 aromatic heterocycles. The van der Waals surface area contributed by atoms with Crippen molar-refractivity contribution in [3.63, 3.8) is 0 Å². The molecular weight excluding hydrogens is 332 g/mol. The van der Waals surface area contributed by atoms with Gasteiger partial charge in [0.15, 0.2) is 0 Å².